The molecule has 1 aromatic carbocycles. The van der Waals surface area contributed by atoms with E-state index in [-0.39, 0.29) is 0 Å². The summed E-state index contributed by atoms with van der Waals surface area (Å²) in [4.78, 5) is 21.5. The summed E-state index contributed by atoms with van der Waals surface area (Å²) in [6, 6.07) is 13.0. The number of anilines is 3. The molecule has 4 heterocycles. The lowest BCUT2D eigenvalue weighted by atomic mass is 10.1. The molecule has 0 radical (unpaired) electrons. The second-order valence-corrected chi connectivity index (χ2v) is 7.61. The van der Waals surface area contributed by atoms with Gasteiger partial charge in [0.05, 0.1) is 13.3 Å². The van der Waals surface area contributed by atoms with Gasteiger partial charge in [-0.1, -0.05) is 12.1 Å². The lowest BCUT2D eigenvalue weighted by Crippen LogP contribution is -2.16. The van der Waals surface area contributed by atoms with Gasteiger partial charge in [-0.3, -0.25) is 5.10 Å². The maximum absolute atomic E-state index is 5.47. The van der Waals surface area contributed by atoms with E-state index in [1.54, 1.807) is 44.0 Å². The zero-order valence-electron chi connectivity index (χ0n) is 18.9. The van der Waals surface area contributed by atoms with Crippen LogP contribution in [0.1, 0.15) is 28.9 Å². The van der Waals surface area contributed by atoms with Gasteiger partial charge < -0.3 is 19.8 Å². The standard InChI is InChI=1S/C24H23N9O2/c1-34-18-5-2-4-16(12-18)6-7-17-13-21(33-32-17)29-20-8-11-28-24(30-20)31-22(19-14-25-15-35-19)23-26-9-3-10-27-23/h2-5,8-15,22H,6-7H2,1H3,(H3,28,29,30,31,32,33). The molecule has 4 aromatic heterocycles. The van der Waals surface area contributed by atoms with Crippen LogP contribution in [-0.4, -0.2) is 42.2 Å². The Morgan fingerprint density at radius 1 is 1.00 bits per heavy atom. The lowest BCUT2D eigenvalue weighted by molar-refractivity contribution is 0.414. The molecule has 11 heteroatoms. The van der Waals surface area contributed by atoms with Crippen LogP contribution < -0.4 is 15.4 Å². The van der Waals surface area contributed by atoms with Gasteiger partial charge >= 0.3 is 0 Å². The summed E-state index contributed by atoms with van der Waals surface area (Å²) < 4.78 is 10.8. The van der Waals surface area contributed by atoms with Gasteiger partial charge in [-0.25, -0.2) is 19.9 Å². The summed E-state index contributed by atoms with van der Waals surface area (Å²) in [5.41, 5.74) is 2.21. The summed E-state index contributed by atoms with van der Waals surface area (Å²) in [6.07, 6.45) is 9.62. The molecule has 3 N–H and O–H groups in total. The Labute approximate surface area is 201 Å². The van der Waals surface area contributed by atoms with Crippen LogP contribution in [0.5, 0.6) is 5.75 Å². The molecule has 1 unspecified atom stereocenters. The van der Waals surface area contributed by atoms with Gasteiger partial charge in [0.25, 0.3) is 0 Å². The third kappa shape index (κ3) is 5.58. The van der Waals surface area contributed by atoms with E-state index in [0.29, 0.717) is 29.2 Å². The van der Waals surface area contributed by atoms with Crippen LogP contribution in [0, 0.1) is 0 Å². The van der Waals surface area contributed by atoms with E-state index in [1.807, 2.05) is 24.3 Å². The third-order valence-electron chi connectivity index (χ3n) is 5.21. The van der Waals surface area contributed by atoms with Crippen molar-refractivity contribution in [3.05, 3.63) is 96.5 Å². The zero-order chi connectivity index (χ0) is 23.9. The highest BCUT2D eigenvalue weighted by Gasteiger charge is 2.21. The van der Waals surface area contributed by atoms with Crippen molar-refractivity contribution in [1.29, 1.82) is 0 Å². The largest absolute Gasteiger partial charge is 0.497 e. The fraction of sp³-hybridized carbons (Fsp3) is 0.167. The van der Waals surface area contributed by atoms with Crippen LogP contribution in [0.4, 0.5) is 17.6 Å². The van der Waals surface area contributed by atoms with Gasteiger partial charge in [0.1, 0.15) is 17.6 Å². The van der Waals surface area contributed by atoms with E-state index in [9.17, 15) is 0 Å². The SMILES string of the molecule is COc1cccc(CCc2cc(Nc3ccnc(NC(c4ncccn4)c4cnco4)n3)n[nH]2)c1. The maximum atomic E-state index is 5.47. The number of nitrogens with one attached hydrogen (secondary N) is 3. The van der Waals surface area contributed by atoms with Crippen molar-refractivity contribution in [2.75, 3.05) is 17.7 Å². The summed E-state index contributed by atoms with van der Waals surface area (Å²) in [7, 11) is 1.67. The van der Waals surface area contributed by atoms with Crippen molar-refractivity contribution >= 4 is 17.6 Å². The number of aromatic amines is 1. The molecule has 1 atom stereocenters. The third-order valence-corrected chi connectivity index (χ3v) is 5.21. The fourth-order valence-electron chi connectivity index (χ4n) is 3.51. The predicted octanol–water partition coefficient (Wildman–Crippen LogP) is 3.72. The number of hydrogen-bond donors (Lipinski definition) is 3. The molecule has 35 heavy (non-hydrogen) atoms. The Hall–Kier alpha value is -4.80. The molecule has 0 aliphatic heterocycles. The number of nitrogens with zero attached hydrogens (tertiary/aromatic N) is 6. The Kier molecular flexibility index (Phi) is 6.56. The number of benzene rings is 1. The summed E-state index contributed by atoms with van der Waals surface area (Å²) in [5.74, 6) is 3.53. The van der Waals surface area contributed by atoms with Crippen LogP contribution in [0.2, 0.25) is 0 Å². The maximum Gasteiger partial charge on any atom is 0.225 e. The van der Waals surface area contributed by atoms with E-state index in [0.717, 1.165) is 24.3 Å². The number of H-pyrrole nitrogens is 1. The van der Waals surface area contributed by atoms with Crippen molar-refractivity contribution in [3.63, 3.8) is 0 Å². The van der Waals surface area contributed by atoms with Crippen LogP contribution in [0.3, 0.4) is 0 Å². The van der Waals surface area contributed by atoms with Crippen molar-refractivity contribution in [3.8, 4) is 5.75 Å². The van der Waals surface area contributed by atoms with Crippen LogP contribution >= 0.6 is 0 Å². The zero-order valence-corrected chi connectivity index (χ0v) is 18.9. The van der Waals surface area contributed by atoms with E-state index >= 15 is 0 Å². The topological polar surface area (TPSA) is 140 Å². The molecular weight excluding hydrogens is 446 g/mol. The second kappa shape index (κ2) is 10.4. The molecule has 0 aliphatic rings. The Bertz CT molecular complexity index is 1360. The first kappa shape index (κ1) is 22.0. The fourth-order valence-corrected chi connectivity index (χ4v) is 3.51. The van der Waals surface area contributed by atoms with E-state index < -0.39 is 6.04 Å². The summed E-state index contributed by atoms with van der Waals surface area (Å²) in [6.45, 7) is 0. The number of aryl methyl sites for hydroxylation is 2. The molecule has 176 valence electrons. The van der Waals surface area contributed by atoms with Crippen molar-refractivity contribution in [2.45, 2.75) is 18.9 Å². The Balaban J connectivity index is 1.25. The molecule has 0 spiro atoms. The highest BCUT2D eigenvalue weighted by atomic mass is 16.5. The van der Waals surface area contributed by atoms with Gasteiger partial charge in [-0.15, -0.1) is 0 Å². The Morgan fingerprint density at radius 3 is 2.74 bits per heavy atom. The molecule has 0 saturated heterocycles. The molecule has 0 bridgehead atoms. The van der Waals surface area contributed by atoms with E-state index in [2.05, 4.69) is 51.8 Å². The first-order chi connectivity index (χ1) is 17.3. The molecule has 0 saturated carbocycles. The minimum absolute atomic E-state index is 0.373. The first-order valence-electron chi connectivity index (χ1n) is 11.0. The molecule has 0 fully saturated rings. The highest BCUT2D eigenvalue weighted by molar-refractivity contribution is 5.53. The van der Waals surface area contributed by atoms with Gasteiger partial charge in [0.2, 0.25) is 5.95 Å². The molecule has 5 rings (SSSR count). The van der Waals surface area contributed by atoms with E-state index in [4.69, 9.17) is 9.15 Å². The highest BCUT2D eigenvalue weighted by Crippen LogP contribution is 2.23. The normalized spacial score (nSPS) is 11.7. The summed E-state index contributed by atoms with van der Waals surface area (Å²) in [5, 5.41) is 13.9. The minimum Gasteiger partial charge on any atom is -0.497 e. The van der Waals surface area contributed by atoms with Crippen LogP contribution in [0.25, 0.3) is 0 Å². The number of ether oxygens (including phenoxy) is 1. The molecular formula is C24H23N9O2. The van der Waals surface area contributed by atoms with Gasteiger partial charge in [0, 0.05) is 30.4 Å². The smallest absolute Gasteiger partial charge is 0.225 e. The molecule has 11 nitrogen and oxygen atoms in total. The number of oxazole rings is 1. The Morgan fingerprint density at radius 2 is 1.91 bits per heavy atom. The lowest BCUT2D eigenvalue weighted by Gasteiger charge is -2.15. The molecule has 5 aromatic rings. The second-order valence-electron chi connectivity index (χ2n) is 7.61. The number of methoxy groups -OCH3 is 1. The van der Waals surface area contributed by atoms with Crippen LogP contribution in [0.15, 0.2) is 78.1 Å². The van der Waals surface area contributed by atoms with Crippen molar-refractivity contribution in [1.82, 2.24) is 35.1 Å². The minimum atomic E-state index is -0.498. The van der Waals surface area contributed by atoms with Gasteiger partial charge in [-0.05, 0) is 42.7 Å². The van der Waals surface area contributed by atoms with E-state index in [1.165, 1.54) is 12.0 Å². The van der Waals surface area contributed by atoms with Gasteiger partial charge in [-0.2, -0.15) is 10.1 Å². The van der Waals surface area contributed by atoms with Crippen LogP contribution in [-0.2, 0) is 12.8 Å². The van der Waals surface area contributed by atoms with Crippen molar-refractivity contribution < 1.29 is 9.15 Å². The average molecular weight is 470 g/mol. The first-order valence-corrected chi connectivity index (χ1v) is 11.0. The number of rotatable bonds is 10. The van der Waals surface area contributed by atoms with Crippen molar-refractivity contribution in [2.24, 2.45) is 0 Å². The average Bonchev–Trinajstić information content (AvgIpc) is 3.60. The number of aromatic nitrogens is 7. The quantitative estimate of drug-likeness (QED) is 0.277. The predicted molar refractivity (Wildman–Crippen MR) is 128 cm³/mol. The number of hydrogen-bond acceptors (Lipinski definition) is 10. The van der Waals surface area contributed by atoms with Gasteiger partial charge in [0.15, 0.2) is 23.8 Å². The molecule has 0 aliphatic carbocycles. The summed E-state index contributed by atoms with van der Waals surface area (Å²) >= 11 is 0. The monoisotopic (exact) mass is 469 g/mol. The molecule has 0 amide bonds.